The smallest absolute Gasteiger partial charge is 0.0395 e. The quantitative estimate of drug-likeness (QED) is 0.250. The van der Waals surface area contributed by atoms with Crippen LogP contribution in [0.2, 0.25) is 0 Å². The Morgan fingerprint density at radius 1 is 0.562 bits per heavy atom. The molecule has 2 fully saturated rings. The molecular weight excluding hydrogens is 388 g/mol. The zero-order valence-corrected chi connectivity index (χ0v) is 21.5. The molecular formula is C30H52N2. The van der Waals surface area contributed by atoms with Crippen LogP contribution in [0.3, 0.4) is 0 Å². The van der Waals surface area contributed by atoms with Crippen LogP contribution >= 0.6 is 0 Å². The summed E-state index contributed by atoms with van der Waals surface area (Å²) >= 11 is 0. The number of aryl methyl sites for hydroxylation is 2. The Balaban J connectivity index is 1.74. The third-order valence-corrected chi connectivity index (χ3v) is 7.86. The first-order valence-corrected chi connectivity index (χ1v) is 14.5. The van der Waals surface area contributed by atoms with E-state index in [0.717, 1.165) is 0 Å². The monoisotopic (exact) mass is 440 g/mol. The Morgan fingerprint density at radius 3 is 1.38 bits per heavy atom. The van der Waals surface area contributed by atoms with Crippen LogP contribution in [0, 0.1) is 0 Å². The fourth-order valence-electron chi connectivity index (χ4n) is 5.80. The molecule has 1 aromatic rings. The highest BCUT2D eigenvalue weighted by Gasteiger charge is 2.20. The van der Waals surface area contributed by atoms with E-state index in [-0.39, 0.29) is 0 Å². The third kappa shape index (κ3) is 8.64. The van der Waals surface area contributed by atoms with E-state index in [0.29, 0.717) is 12.1 Å². The lowest BCUT2D eigenvalue weighted by Gasteiger charge is -2.23. The van der Waals surface area contributed by atoms with Gasteiger partial charge in [0, 0.05) is 23.5 Å². The van der Waals surface area contributed by atoms with Gasteiger partial charge >= 0.3 is 0 Å². The van der Waals surface area contributed by atoms with Gasteiger partial charge in [0.15, 0.2) is 0 Å². The van der Waals surface area contributed by atoms with Gasteiger partial charge in [-0.3, -0.25) is 0 Å². The molecule has 0 atom stereocenters. The Morgan fingerprint density at radius 2 is 0.969 bits per heavy atom. The standard InChI is InChI=1S/C30H52N2/c1-3-5-7-9-11-17-25-23-26(18-12-10-8-6-4-2)30(32-28-21-15-16-22-28)24-29(25)31-27-19-13-14-20-27/h23-24,27-28,31-32H,3-22H2,1-2H3. The Kier molecular flexibility index (Phi) is 11.8. The molecule has 0 amide bonds. The maximum atomic E-state index is 4.00. The van der Waals surface area contributed by atoms with Crippen LogP contribution in [0.25, 0.3) is 0 Å². The maximum Gasteiger partial charge on any atom is 0.0395 e. The molecule has 2 aliphatic carbocycles. The first kappa shape index (κ1) is 25.4. The molecule has 0 aromatic heterocycles. The Hall–Kier alpha value is -1.18. The van der Waals surface area contributed by atoms with Crippen molar-refractivity contribution in [2.24, 2.45) is 0 Å². The summed E-state index contributed by atoms with van der Waals surface area (Å²) in [5.74, 6) is 0. The minimum absolute atomic E-state index is 0.688. The van der Waals surface area contributed by atoms with Gasteiger partial charge in [-0.2, -0.15) is 0 Å². The SMILES string of the molecule is CCCCCCCc1cc(CCCCCCC)c(NC2CCCC2)cc1NC1CCCC1. The molecule has 2 heteroatoms. The molecule has 3 rings (SSSR count). The van der Waals surface area contributed by atoms with E-state index in [1.165, 1.54) is 140 Å². The normalized spacial score (nSPS) is 17.3. The lowest BCUT2D eigenvalue weighted by molar-refractivity contribution is 0.628. The molecule has 2 saturated carbocycles. The van der Waals surface area contributed by atoms with Gasteiger partial charge < -0.3 is 10.6 Å². The second kappa shape index (κ2) is 14.9. The van der Waals surface area contributed by atoms with Gasteiger partial charge in [0.1, 0.15) is 0 Å². The number of rotatable bonds is 16. The summed E-state index contributed by atoms with van der Waals surface area (Å²) in [7, 11) is 0. The summed E-state index contributed by atoms with van der Waals surface area (Å²) in [6, 6.07) is 6.51. The van der Waals surface area contributed by atoms with Crippen molar-refractivity contribution in [1.29, 1.82) is 0 Å². The molecule has 0 bridgehead atoms. The van der Waals surface area contributed by atoms with E-state index < -0.39 is 0 Å². The van der Waals surface area contributed by atoms with Crippen molar-refractivity contribution in [3.63, 3.8) is 0 Å². The summed E-state index contributed by atoms with van der Waals surface area (Å²) in [4.78, 5) is 0. The number of nitrogens with one attached hydrogen (secondary N) is 2. The highest BCUT2D eigenvalue weighted by molar-refractivity contribution is 5.66. The molecule has 2 N–H and O–H groups in total. The van der Waals surface area contributed by atoms with Gasteiger partial charge in [-0.15, -0.1) is 0 Å². The number of unbranched alkanes of at least 4 members (excludes halogenated alkanes) is 8. The minimum Gasteiger partial charge on any atom is -0.382 e. The average Bonchev–Trinajstić information content (AvgIpc) is 3.50. The van der Waals surface area contributed by atoms with Crippen LogP contribution in [-0.4, -0.2) is 12.1 Å². The van der Waals surface area contributed by atoms with Crippen molar-refractivity contribution >= 4 is 11.4 Å². The molecule has 1 aromatic carbocycles. The topological polar surface area (TPSA) is 24.1 Å². The first-order chi connectivity index (χ1) is 15.8. The van der Waals surface area contributed by atoms with Crippen molar-refractivity contribution in [2.45, 2.75) is 154 Å². The lowest BCUT2D eigenvalue weighted by atomic mass is 9.96. The van der Waals surface area contributed by atoms with E-state index in [4.69, 9.17) is 0 Å². The average molecular weight is 441 g/mol. The summed E-state index contributed by atoms with van der Waals surface area (Å²) in [5, 5.41) is 8.00. The van der Waals surface area contributed by atoms with E-state index in [9.17, 15) is 0 Å². The molecule has 32 heavy (non-hydrogen) atoms. The number of anilines is 2. The van der Waals surface area contributed by atoms with Crippen molar-refractivity contribution in [1.82, 2.24) is 0 Å². The molecule has 182 valence electrons. The maximum absolute atomic E-state index is 4.00. The van der Waals surface area contributed by atoms with Crippen LogP contribution in [0.1, 0.15) is 141 Å². The highest BCUT2D eigenvalue weighted by atomic mass is 15.0. The molecule has 0 aliphatic heterocycles. The van der Waals surface area contributed by atoms with E-state index in [1.807, 2.05) is 0 Å². The van der Waals surface area contributed by atoms with Gasteiger partial charge in [-0.25, -0.2) is 0 Å². The van der Waals surface area contributed by atoms with Crippen molar-refractivity contribution in [3.05, 3.63) is 23.3 Å². The van der Waals surface area contributed by atoms with Crippen LogP contribution in [-0.2, 0) is 12.8 Å². The lowest BCUT2D eigenvalue weighted by Crippen LogP contribution is -2.19. The molecule has 2 aliphatic rings. The van der Waals surface area contributed by atoms with E-state index >= 15 is 0 Å². The summed E-state index contributed by atoms with van der Waals surface area (Å²) in [5.41, 5.74) is 6.08. The minimum atomic E-state index is 0.688. The Labute approximate surface area is 199 Å². The van der Waals surface area contributed by atoms with Crippen LogP contribution in [0.4, 0.5) is 11.4 Å². The first-order valence-electron chi connectivity index (χ1n) is 14.5. The zero-order valence-electron chi connectivity index (χ0n) is 21.5. The predicted octanol–water partition coefficient (Wildman–Crippen LogP) is 9.42. The van der Waals surface area contributed by atoms with Crippen LogP contribution < -0.4 is 10.6 Å². The van der Waals surface area contributed by atoms with Gasteiger partial charge in [-0.05, 0) is 68.6 Å². The molecule has 0 spiro atoms. The van der Waals surface area contributed by atoms with E-state index in [2.05, 4.69) is 36.6 Å². The second-order valence-electron chi connectivity index (χ2n) is 10.7. The molecule has 0 unspecified atom stereocenters. The second-order valence-corrected chi connectivity index (χ2v) is 10.7. The molecule has 0 saturated heterocycles. The summed E-state index contributed by atoms with van der Waals surface area (Å²) in [6.45, 7) is 4.62. The molecule has 0 radical (unpaired) electrons. The summed E-state index contributed by atoms with van der Waals surface area (Å²) in [6.07, 6.45) is 27.1. The van der Waals surface area contributed by atoms with Crippen molar-refractivity contribution in [3.8, 4) is 0 Å². The van der Waals surface area contributed by atoms with Crippen molar-refractivity contribution in [2.75, 3.05) is 10.6 Å². The highest BCUT2D eigenvalue weighted by Crippen LogP contribution is 2.33. The van der Waals surface area contributed by atoms with E-state index in [1.54, 1.807) is 11.1 Å². The number of benzene rings is 1. The van der Waals surface area contributed by atoms with Gasteiger partial charge in [0.05, 0.1) is 0 Å². The van der Waals surface area contributed by atoms with Gasteiger partial charge in [-0.1, -0.05) is 97.0 Å². The molecule has 2 nitrogen and oxygen atoms in total. The fraction of sp³-hybridized carbons (Fsp3) is 0.800. The van der Waals surface area contributed by atoms with Gasteiger partial charge in [0.2, 0.25) is 0 Å². The summed E-state index contributed by atoms with van der Waals surface area (Å²) < 4.78 is 0. The van der Waals surface area contributed by atoms with Crippen molar-refractivity contribution < 1.29 is 0 Å². The largest absolute Gasteiger partial charge is 0.382 e. The van der Waals surface area contributed by atoms with Crippen LogP contribution in [0.5, 0.6) is 0 Å². The zero-order chi connectivity index (χ0) is 22.4. The number of hydrogen-bond donors (Lipinski definition) is 2. The predicted molar refractivity (Wildman–Crippen MR) is 143 cm³/mol. The Bertz CT molecular complexity index is 575. The number of hydrogen-bond acceptors (Lipinski definition) is 2. The fourth-order valence-corrected chi connectivity index (χ4v) is 5.80. The van der Waals surface area contributed by atoms with Gasteiger partial charge in [0.25, 0.3) is 0 Å². The molecule has 0 heterocycles. The third-order valence-electron chi connectivity index (χ3n) is 7.86. The van der Waals surface area contributed by atoms with Crippen LogP contribution in [0.15, 0.2) is 12.1 Å².